The number of amides is 1. The molecule has 0 unspecified atom stereocenters. The predicted octanol–water partition coefficient (Wildman–Crippen LogP) is 5.12. The van der Waals surface area contributed by atoms with Gasteiger partial charge in [-0.2, -0.15) is 0 Å². The highest BCUT2D eigenvalue weighted by molar-refractivity contribution is 8.16. The van der Waals surface area contributed by atoms with Crippen LogP contribution in [0.4, 0.5) is 0 Å². The van der Waals surface area contributed by atoms with Gasteiger partial charge in [0.1, 0.15) is 6.61 Å². The molecule has 1 amide bonds. The van der Waals surface area contributed by atoms with Crippen LogP contribution in [0.15, 0.2) is 100 Å². The molecule has 0 spiro atoms. The van der Waals surface area contributed by atoms with E-state index in [-0.39, 0.29) is 12.3 Å². The number of methoxy groups -OCH3 is 2. The Morgan fingerprint density at radius 2 is 1.83 bits per heavy atom. The van der Waals surface area contributed by atoms with Crippen LogP contribution in [0.5, 0.6) is 11.5 Å². The van der Waals surface area contributed by atoms with E-state index in [1.807, 2.05) is 77.0 Å². The van der Waals surface area contributed by atoms with Gasteiger partial charge >= 0.3 is 5.97 Å². The van der Waals surface area contributed by atoms with Gasteiger partial charge in [0.05, 0.1) is 50.2 Å². The van der Waals surface area contributed by atoms with Crippen molar-refractivity contribution in [3.8, 4) is 11.5 Å². The number of allylic oxidation sites excluding steroid dienone is 1. The SMILES string of the molecule is COC(=O)C1=C(C)N=C2SC=C(CC(=O)NCc3ccccn3)N2[C@H]1c1ccc(OCc2ccccc2)c(OC)c1. The average Bonchev–Trinajstić information content (AvgIpc) is 3.40. The van der Waals surface area contributed by atoms with E-state index in [1.54, 1.807) is 20.2 Å². The van der Waals surface area contributed by atoms with Crippen LogP contribution in [-0.4, -0.2) is 41.1 Å². The van der Waals surface area contributed by atoms with E-state index in [0.717, 1.165) is 22.5 Å². The molecule has 9 nitrogen and oxygen atoms in total. The summed E-state index contributed by atoms with van der Waals surface area (Å²) >= 11 is 1.41. The number of fused-ring (bicyclic) bond motifs is 1. The molecule has 0 saturated heterocycles. The van der Waals surface area contributed by atoms with Gasteiger partial charge in [-0.3, -0.25) is 9.78 Å². The quantitative estimate of drug-likeness (QED) is 0.335. The zero-order valence-electron chi connectivity index (χ0n) is 23.0. The van der Waals surface area contributed by atoms with E-state index in [2.05, 4.69) is 15.3 Å². The molecule has 41 heavy (non-hydrogen) atoms. The second kappa shape index (κ2) is 12.7. The van der Waals surface area contributed by atoms with Gasteiger partial charge in [0, 0.05) is 11.9 Å². The number of aromatic nitrogens is 1. The fourth-order valence-corrected chi connectivity index (χ4v) is 5.65. The Balaban J connectivity index is 1.42. The first-order valence-electron chi connectivity index (χ1n) is 13.0. The summed E-state index contributed by atoms with van der Waals surface area (Å²) in [5.41, 5.74) is 4.22. The molecule has 2 aliphatic heterocycles. The molecule has 0 saturated carbocycles. The number of aliphatic imine (C=N–C) groups is 1. The number of hydrogen-bond acceptors (Lipinski definition) is 9. The number of ether oxygens (including phenoxy) is 3. The van der Waals surface area contributed by atoms with Crippen LogP contribution in [0.1, 0.15) is 36.2 Å². The molecule has 10 heteroatoms. The number of pyridine rings is 1. The van der Waals surface area contributed by atoms with Crippen LogP contribution in [0.3, 0.4) is 0 Å². The van der Waals surface area contributed by atoms with E-state index in [9.17, 15) is 9.59 Å². The van der Waals surface area contributed by atoms with E-state index >= 15 is 0 Å². The fraction of sp³-hybridized carbons (Fsp3) is 0.226. The lowest BCUT2D eigenvalue weighted by Crippen LogP contribution is -2.38. The minimum Gasteiger partial charge on any atom is -0.493 e. The first-order chi connectivity index (χ1) is 20.0. The van der Waals surface area contributed by atoms with Gasteiger partial charge in [-0.15, -0.1) is 0 Å². The Morgan fingerprint density at radius 1 is 1.02 bits per heavy atom. The molecule has 0 radical (unpaired) electrons. The Labute approximate surface area is 242 Å². The lowest BCUT2D eigenvalue weighted by atomic mass is 9.93. The summed E-state index contributed by atoms with van der Waals surface area (Å²) in [5, 5.41) is 5.50. The van der Waals surface area contributed by atoms with Crippen LogP contribution in [0, 0.1) is 0 Å². The molecule has 0 aliphatic carbocycles. The third-order valence-electron chi connectivity index (χ3n) is 6.68. The number of nitrogens with one attached hydrogen (secondary N) is 1. The smallest absolute Gasteiger partial charge is 0.338 e. The van der Waals surface area contributed by atoms with Crippen LogP contribution in [0.25, 0.3) is 0 Å². The molecule has 3 heterocycles. The number of carbonyl (C=O) groups is 2. The van der Waals surface area contributed by atoms with Crippen molar-refractivity contribution >= 4 is 28.8 Å². The molecule has 3 aromatic rings. The van der Waals surface area contributed by atoms with Crippen molar-refractivity contribution in [1.29, 1.82) is 0 Å². The predicted molar refractivity (Wildman–Crippen MR) is 157 cm³/mol. The Hall–Kier alpha value is -4.57. The molecule has 2 aromatic carbocycles. The van der Waals surface area contributed by atoms with Gasteiger partial charge in [-0.1, -0.05) is 54.2 Å². The van der Waals surface area contributed by atoms with Gasteiger partial charge in [0.2, 0.25) is 5.91 Å². The van der Waals surface area contributed by atoms with Crippen molar-refractivity contribution in [2.24, 2.45) is 4.99 Å². The van der Waals surface area contributed by atoms with Gasteiger partial charge in [-0.25, -0.2) is 9.79 Å². The molecule has 0 bridgehead atoms. The second-order valence-electron chi connectivity index (χ2n) is 9.34. The van der Waals surface area contributed by atoms with E-state index < -0.39 is 12.0 Å². The van der Waals surface area contributed by atoms with Crippen LogP contribution in [-0.2, 0) is 27.5 Å². The largest absolute Gasteiger partial charge is 0.493 e. The summed E-state index contributed by atoms with van der Waals surface area (Å²) in [6.45, 7) is 2.49. The van der Waals surface area contributed by atoms with Gasteiger partial charge < -0.3 is 24.4 Å². The van der Waals surface area contributed by atoms with E-state index in [0.29, 0.717) is 41.1 Å². The van der Waals surface area contributed by atoms with E-state index in [4.69, 9.17) is 14.2 Å². The zero-order valence-corrected chi connectivity index (χ0v) is 23.8. The summed E-state index contributed by atoms with van der Waals surface area (Å²) in [4.78, 5) is 36.9. The third kappa shape index (κ3) is 6.28. The van der Waals surface area contributed by atoms with Gasteiger partial charge in [-0.05, 0) is 47.7 Å². The molecule has 1 aromatic heterocycles. The zero-order chi connectivity index (χ0) is 28.8. The van der Waals surface area contributed by atoms with Crippen molar-refractivity contribution < 1.29 is 23.8 Å². The molecule has 210 valence electrons. The molecule has 2 aliphatic rings. The van der Waals surface area contributed by atoms with Crippen molar-refractivity contribution in [3.05, 3.63) is 112 Å². The third-order valence-corrected chi connectivity index (χ3v) is 7.57. The number of amidine groups is 1. The Morgan fingerprint density at radius 3 is 2.56 bits per heavy atom. The van der Waals surface area contributed by atoms with Crippen LogP contribution in [0.2, 0.25) is 0 Å². The average molecular weight is 571 g/mol. The van der Waals surface area contributed by atoms with Crippen molar-refractivity contribution in [3.63, 3.8) is 0 Å². The Bertz CT molecular complexity index is 1520. The first-order valence-corrected chi connectivity index (χ1v) is 13.9. The number of hydrogen-bond donors (Lipinski definition) is 1. The van der Waals surface area contributed by atoms with E-state index in [1.165, 1.54) is 18.9 Å². The standard InChI is InChI=1S/C31H30N4O5S/c1-20-28(30(37)39-3)29(22-12-13-25(26(15-22)38-2)40-18-21-9-5-4-6-10-21)35-24(19-41-31(35)34-20)16-27(36)33-17-23-11-7-8-14-32-23/h4-15,19,29H,16-18H2,1-3H3,(H,33,36)/t29-/m0/s1. The lowest BCUT2D eigenvalue weighted by Gasteiger charge is -2.36. The highest BCUT2D eigenvalue weighted by Gasteiger charge is 2.41. The number of nitrogens with zero attached hydrogens (tertiary/aromatic N) is 3. The highest BCUT2D eigenvalue weighted by atomic mass is 32.2. The van der Waals surface area contributed by atoms with Gasteiger partial charge in [0.25, 0.3) is 0 Å². The normalized spacial score (nSPS) is 16.0. The number of thioether (sulfide) groups is 1. The van der Waals surface area contributed by atoms with Crippen molar-refractivity contribution in [2.45, 2.75) is 32.5 Å². The highest BCUT2D eigenvalue weighted by Crippen LogP contribution is 2.46. The topological polar surface area (TPSA) is 102 Å². The molecule has 5 rings (SSSR count). The Kier molecular flexibility index (Phi) is 8.69. The first kappa shape index (κ1) is 28.0. The maximum Gasteiger partial charge on any atom is 0.338 e. The van der Waals surface area contributed by atoms with Crippen molar-refractivity contribution in [1.82, 2.24) is 15.2 Å². The summed E-state index contributed by atoms with van der Waals surface area (Å²) in [7, 11) is 2.92. The molecular formula is C31H30N4O5S. The summed E-state index contributed by atoms with van der Waals surface area (Å²) in [6.07, 6.45) is 1.78. The lowest BCUT2D eigenvalue weighted by molar-refractivity contribution is -0.136. The second-order valence-corrected chi connectivity index (χ2v) is 10.2. The molecule has 1 atom stereocenters. The number of benzene rings is 2. The van der Waals surface area contributed by atoms with Crippen molar-refractivity contribution in [2.75, 3.05) is 14.2 Å². The van der Waals surface area contributed by atoms with Crippen LogP contribution < -0.4 is 14.8 Å². The fourth-order valence-electron chi connectivity index (χ4n) is 4.68. The maximum absolute atomic E-state index is 13.1. The number of esters is 1. The number of carbonyl (C=O) groups excluding carboxylic acids is 2. The monoisotopic (exact) mass is 570 g/mol. The van der Waals surface area contributed by atoms with Gasteiger partial charge in [0.15, 0.2) is 16.7 Å². The maximum atomic E-state index is 13.1. The molecule has 0 fully saturated rings. The summed E-state index contributed by atoms with van der Waals surface area (Å²) in [5.74, 6) is 0.436. The summed E-state index contributed by atoms with van der Waals surface area (Å²) < 4.78 is 16.9. The molecule has 1 N–H and O–H groups in total. The summed E-state index contributed by atoms with van der Waals surface area (Å²) in [6, 6.07) is 20.4. The number of rotatable bonds is 10. The van der Waals surface area contributed by atoms with Crippen LogP contribution >= 0.6 is 11.8 Å². The minimum absolute atomic E-state index is 0.0955. The molecular weight excluding hydrogens is 540 g/mol. The minimum atomic E-state index is -0.586.